The highest BCUT2D eigenvalue weighted by atomic mass is 15.1. The van der Waals surface area contributed by atoms with Gasteiger partial charge in [0.25, 0.3) is 0 Å². The van der Waals surface area contributed by atoms with Gasteiger partial charge in [0.15, 0.2) is 11.5 Å². The number of anilines is 1. The summed E-state index contributed by atoms with van der Waals surface area (Å²) in [6.07, 6.45) is 9.37. The van der Waals surface area contributed by atoms with Crippen LogP contribution in [-0.4, -0.2) is 25.1 Å². The van der Waals surface area contributed by atoms with Crippen molar-refractivity contribution in [3.63, 3.8) is 0 Å². The van der Waals surface area contributed by atoms with Crippen LogP contribution in [0.3, 0.4) is 0 Å². The van der Waals surface area contributed by atoms with E-state index in [9.17, 15) is 0 Å². The number of unbranched alkanes of at least 4 members (excludes halogenated alkanes) is 2. The Bertz CT molecular complexity index is 562. The summed E-state index contributed by atoms with van der Waals surface area (Å²) in [6.45, 7) is 6.72. The summed E-state index contributed by atoms with van der Waals surface area (Å²) in [6, 6.07) is 0. The van der Waals surface area contributed by atoms with Crippen LogP contribution in [0.4, 0.5) is 5.82 Å². The van der Waals surface area contributed by atoms with Gasteiger partial charge in [0, 0.05) is 12.6 Å². The van der Waals surface area contributed by atoms with Gasteiger partial charge < -0.3 is 9.88 Å². The summed E-state index contributed by atoms with van der Waals surface area (Å²) in [7, 11) is 1.95. The topological polar surface area (TPSA) is 55.6 Å². The Kier molecular flexibility index (Phi) is 4.57. The Morgan fingerprint density at radius 1 is 1.20 bits per heavy atom. The van der Waals surface area contributed by atoms with Crippen LogP contribution in [-0.2, 0) is 7.05 Å². The van der Waals surface area contributed by atoms with Crippen LogP contribution >= 0.6 is 0 Å². The number of fused-ring (bicyclic) bond motifs is 1. The van der Waals surface area contributed by atoms with Crippen LogP contribution in [0.25, 0.3) is 11.2 Å². The predicted molar refractivity (Wildman–Crippen MR) is 82.8 cm³/mol. The zero-order valence-corrected chi connectivity index (χ0v) is 13.0. The number of hydrogen-bond acceptors (Lipinski definition) is 4. The third-order valence-corrected chi connectivity index (χ3v) is 4.03. The van der Waals surface area contributed by atoms with Gasteiger partial charge in [-0.2, -0.15) is 0 Å². The summed E-state index contributed by atoms with van der Waals surface area (Å²) in [5.74, 6) is 0.844. The van der Waals surface area contributed by atoms with Crippen molar-refractivity contribution in [2.45, 2.75) is 58.4 Å². The van der Waals surface area contributed by atoms with Crippen LogP contribution in [0.5, 0.6) is 0 Å². The van der Waals surface area contributed by atoms with E-state index in [1.54, 1.807) is 12.7 Å². The molecule has 0 saturated heterocycles. The van der Waals surface area contributed by atoms with Gasteiger partial charge in [0.1, 0.15) is 11.8 Å². The van der Waals surface area contributed by atoms with Gasteiger partial charge in [0.05, 0.1) is 6.33 Å². The molecule has 5 heteroatoms. The molecule has 2 heterocycles. The van der Waals surface area contributed by atoms with Gasteiger partial charge in [-0.05, 0) is 19.8 Å². The number of imidazole rings is 1. The quantitative estimate of drug-likeness (QED) is 0.785. The Labute approximate surface area is 120 Å². The van der Waals surface area contributed by atoms with Crippen molar-refractivity contribution in [2.75, 3.05) is 5.32 Å². The number of rotatable bonds is 7. The molecule has 1 N–H and O–H groups in total. The number of nitrogens with zero attached hydrogens (tertiary/aromatic N) is 4. The fourth-order valence-corrected chi connectivity index (χ4v) is 2.42. The first kappa shape index (κ1) is 14.8. The second-order valence-corrected chi connectivity index (χ2v) is 5.75. The summed E-state index contributed by atoms with van der Waals surface area (Å²) in [5, 5.41) is 3.59. The lowest BCUT2D eigenvalue weighted by atomic mass is 9.91. The van der Waals surface area contributed by atoms with E-state index in [2.05, 4.69) is 41.0 Å². The second kappa shape index (κ2) is 6.20. The van der Waals surface area contributed by atoms with Crippen molar-refractivity contribution < 1.29 is 0 Å². The van der Waals surface area contributed by atoms with E-state index < -0.39 is 0 Å². The summed E-state index contributed by atoms with van der Waals surface area (Å²) >= 11 is 0. The third kappa shape index (κ3) is 3.08. The molecule has 0 aromatic carbocycles. The van der Waals surface area contributed by atoms with Crippen molar-refractivity contribution in [2.24, 2.45) is 7.05 Å². The standard InChI is InChI=1S/C15H25N5/c1-5-7-8-9-15(3,6-2)19-13-12-14(17-10-16-13)20(4)11-18-12/h10-11H,5-9H2,1-4H3,(H,16,17,19). The maximum Gasteiger partial charge on any atom is 0.165 e. The van der Waals surface area contributed by atoms with Gasteiger partial charge in [-0.15, -0.1) is 0 Å². The minimum atomic E-state index is 0.0635. The molecule has 20 heavy (non-hydrogen) atoms. The molecule has 1 atom stereocenters. The summed E-state index contributed by atoms with van der Waals surface area (Å²) in [4.78, 5) is 13.1. The van der Waals surface area contributed by atoms with E-state index in [0.717, 1.165) is 29.8 Å². The molecule has 0 bridgehead atoms. The Balaban J connectivity index is 2.20. The Hall–Kier alpha value is -1.65. The third-order valence-electron chi connectivity index (χ3n) is 4.03. The maximum absolute atomic E-state index is 4.41. The fourth-order valence-electron chi connectivity index (χ4n) is 2.42. The molecule has 2 aromatic rings. The molecule has 0 saturated carbocycles. The van der Waals surface area contributed by atoms with E-state index in [0.29, 0.717) is 0 Å². The Morgan fingerprint density at radius 2 is 2.00 bits per heavy atom. The molecule has 2 aromatic heterocycles. The first-order chi connectivity index (χ1) is 9.59. The monoisotopic (exact) mass is 275 g/mol. The van der Waals surface area contributed by atoms with Gasteiger partial charge >= 0.3 is 0 Å². The molecule has 0 fully saturated rings. The highest BCUT2D eigenvalue weighted by Gasteiger charge is 2.23. The summed E-state index contributed by atoms with van der Waals surface area (Å²) in [5.41, 5.74) is 1.79. The minimum absolute atomic E-state index is 0.0635. The lowest BCUT2D eigenvalue weighted by Crippen LogP contribution is -2.34. The first-order valence-electron chi connectivity index (χ1n) is 7.50. The fraction of sp³-hybridized carbons (Fsp3) is 0.667. The molecule has 110 valence electrons. The molecular formula is C15H25N5. The number of aromatic nitrogens is 4. The van der Waals surface area contributed by atoms with E-state index in [1.165, 1.54) is 19.3 Å². The molecule has 0 aliphatic heterocycles. The molecule has 5 nitrogen and oxygen atoms in total. The normalized spacial score (nSPS) is 14.4. The molecule has 0 aliphatic carbocycles. The van der Waals surface area contributed by atoms with Gasteiger partial charge in [-0.1, -0.05) is 33.1 Å². The van der Waals surface area contributed by atoms with Crippen molar-refractivity contribution in [1.82, 2.24) is 19.5 Å². The summed E-state index contributed by atoms with van der Waals surface area (Å²) < 4.78 is 1.92. The first-order valence-corrected chi connectivity index (χ1v) is 7.50. The molecular weight excluding hydrogens is 250 g/mol. The average molecular weight is 275 g/mol. The molecule has 1 unspecified atom stereocenters. The van der Waals surface area contributed by atoms with Crippen LogP contribution in [0.2, 0.25) is 0 Å². The van der Waals surface area contributed by atoms with Gasteiger partial charge in [-0.25, -0.2) is 15.0 Å². The maximum atomic E-state index is 4.41. The number of hydrogen-bond donors (Lipinski definition) is 1. The number of nitrogens with one attached hydrogen (secondary N) is 1. The largest absolute Gasteiger partial charge is 0.363 e. The Morgan fingerprint density at radius 3 is 2.70 bits per heavy atom. The lowest BCUT2D eigenvalue weighted by Gasteiger charge is -2.30. The molecule has 2 rings (SSSR count). The van der Waals surface area contributed by atoms with Crippen LogP contribution in [0, 0.1) is 0 Å². The minimum Gasteiger partial charge on any atom is -0.363 e. The van der Waals surface area contributed by atoms with E-state index >= 15 is 0 Å². The molecule has 0 radical (unpaired) electrons. The highest BCUT2D eigenvalue weighted by molar-refractivity contribution is 5.82. The zero-order valence-electron chi connectivity index (χ0n) is 13.0. The van der Waals surface area contributed by atoms with Crippen molar-refractivity contribution in [1.29, 1.82) is 0 Å². The van der Waals surface area contributed by atoms with Crippen molar-refractivity contribution in [3.05, 3.63) is 12.7 Å². The number of aryl methyl sites for hydroxylation is 1. The van der Waals surface area contributed by atoms with Crippen LogP contribution < -0.4 is 5.32 Å². The SMILES string of the molecule is CCCCCC(C)(CC)Nc1ncnc2c1ncn2C. The van der Waals surface area contributed by atoms with E-state index in [-0.39, 0.29) is 5.54 Å². The zero-order chi connectivity index (χ0) is 14.6. The van der Waals surface area contributed by atoms with Crippen molar-refractivity contribution in [3.8, 4) is 0 Å². The highest BCUT2D eigenvalue weighted by Crippen LogP contribution is 2.26. The lowest BCUT2D eigenvalue weighted by molar-refractivity contribution is 0.432. The molecule has 0 amide bonds. The van der Waals surface area contributed by atoms with Crippen molar-refractivity contribution >= 4 is 17.0 Å². The smallest absolute Gasteiger partial charge is 0.165 e. The van der Waals surface area contributed by atoms with Crippen LogP contribution in [0.1, 0.15) is 52.9 Å². The second-order valence-electron chi connectivity index (χ2n) is 5.75. The van der Waals surface area contributed by atoms with E-state index in [4.69, 9.17) is 0 Å². The predicted octanol–water partition coefficient (Wildman–Crippen LogP) is 3.52. The van der Waals surface area contributed by atoms with Crippen LogP contribution in [0.15, 0.2) is 12.7 Å². The van der Waals surface area contributed by atoms with Gasteiger partial charge in [0.2, 0.25) is 0 Å². The average Bonchev–Trinajstić information content (AvgIpc) is 2.82. The molecule has 0 aliphatic rings. The van der Waals surface area contributed by atoms with Gasteiger partial charge in [-0.3, -0.25) is 0 Å². The van der Waals surface area contributed by atoms with E-state index in [1.807, 2.05) is 11.6 Å². The molecule has 0 spiro atoms.